The molecule has 2 aromatic rings. The number of rotatable bonds is 9. The predicted octanol–water partition coefficient (Wildman–Crippen LogP) is 2.99. The summed E-state index contributed by atoms with van der Waals surface area (Å²) in [4.78, 5) is 18.8. The Bertz CT molecular complexity index is 829. The van der Waals surface area contributed by atoms with Gasteiger partial charge >= 0.3 is 0 Å². The minimum absolute atomic E-state index is 0. The van der Waals surface area contributed by atoms with Crippen LogP contribution >= 0.6 is 24.0 Å². The Morgan fingerprint density at radius 3 is 2.53 bits per heavy atom. The van der Waals surface area contributed by atoms with Crippen molar-refractivity contribution in [3.8, 4) is 0 Å². The SMILES string of the molecule is CCNC(=NCc1cccc(C(=O)NCCN(C)C)c1)NCc1ccccc1F.I. The minimum atomic E-state index is -0.246. The van der Waals surface area contributed by atoms with E-state index in [-0.39, 0.29) is 35.7 Å². The molecule has 8 heteroatoms. The Hall–Kier alpha value is -2.20. The van der Waals surface area contributed by atoms with E-state index in [9.17, 15) is 9.18 Å². The van der Waals surface area contributed by atoms with Crippen LogP contribution in [0.2, 0.25) is 0 Å². The smallest absolute Gasteiger partial charge is 0.251 e. The number of halogens is 2. The van der Waals surface area contributed by atoms with Crippen molar-refractivity contribution in [2.24, 2.45) is 4.99 Å². The fourth-order valence-electron chi connectivity index (χ4n) is 2.64. The molecule has 0 saturated heterocycles. The summed E-state index contributed by atoms with van der Waals surface area (Å²) in [6.45, 7) is 4.79. The molecule has 0 heterocycles. The van der Waals surface area contributed by atoms with Gasteiger partial charge in [0.15, 0.2) is 5.96 Å². The Morgan fingerprint density at radius 2 is 1.83 bits per heavy atom. The number of likely N-dealkylation sites (N-methyl/N-ethyl adjacent to an activating group) is 1. The number of hydrogen-bond acceptors (Lipinski definition) is 3. The van der Waals surface area contributed by atoms with Gasteiger partial charge in [-0.05, 0) is 44.8 Å². The molecule has 0 aromatic heterocycles. The normalized spacial score (nSPS) is 11.0. The van der Waals surface area contributed by atoms with E-state index >= 15 is 0 Å². The van der Waals surface area contributed by atoms with Crippen molar-refractivity contribution < 1.29 is 9.18 Å². The van der Waals surface area contributed by atoms with E-state index in [1.807, 2.05) is 44.1 Å². The van der Waals surface area contributed by atoms with E-state index in [4.69, 9.17) is 0 Å². The van der Waals surface area contributed by atoms with E-state index in [1.54, 1.807) is 24.3 Å². The van der Waals surface area contributed by atoms with Crippen LogP contribution in [0.15, 0.2) is 53.5 Å². The summed E-state index contributed by atoms with van der Waals surface area (Å²) >= 11 is 0. The van der Waals surface area contributed by atoms with E-state index in [0.717, 1.165) is 12.1 Å². The number of nitrogens with one attached hydrogen (secondary N) is 3. The number of carbonyl (C=O) groups excluding carboxylic acids is 1. The third-order valence-electron chi connectivity index (χ3n) is 4.20. The first-order chi connectivity index (χ1) is 14.0. The summed E-state index contributed by atoms with van der Waals surface area (Å²) in [6, 6.07) is 14.1. The van der Waals surface area contributed by atoms with E-state index in [2.05, 4.69) is 20.9 Å². The summed E-state index contributed by atoms with van der Waals surface area (Å²) in [5.74, 6) is 0.252. The number of amides is 1. The Labute approximate surface area is 195 Å². The van der Waals surface area contributed by atoms with Crippen LogP contribution in [0.1, 0.15) is 28.4 Å². The summed E-state index contributed by atoms with van der Waals surface area (Å²) < 4.78 is 13.8. The lowest BCUT2D eigenvalue weighted by Gasteiger charge is -2.12. The molecule has 0 fully saturated rings. The van der Waals surface area contributed by atoms with Gasteiger partial charge in [0, 0.05) is 37.3 Å². The molecule has 0 radical (unpaired) electrons. The van der Waals surface area contributed by atoms with Crippen molar-refractivity contribution in [2.45, 2.75) is 20.0 Å². The van der Waals surface area contributed by atoms with Crippen LogP contribution in [-0.2, 0) is 13.1 Å². The summed E-state index contributed by atoms with van der Waals surface area (Å²) in [6.07, 6.45) is 0. The van der Waals surface area contributed by atoms with Crippen LogP contribution in [0.5, 0.6) is 0 Å². The van der Waals surface area contributed by atoms with Crippen LogP contribution in [-0.4, -0.2) is 50.5 Å². The van der Waals surface area contributed by atoms with E-state index in [0.29, 0.717) is 43.3 Å². The highest BCUT2D eigenvalue weighted by Gasteiger charge is 2.07. The van der Waals surface area contributed by atoms with Gasteiger partial charge in [-0.3, -0.25) is 4.79 Å². The summed E-state index contributed by atoms with van der Waals surface area (Å²) in [5.41, 5.74) is 2.11. The highest BCUT2D eigenvalue weighted by Crippen LogP contribution is 2.08. The van der Waals surface area contributed by atoms with Crippen molar-refractivity contribution >= 4 is 35.8 Å². The standard InChI is InChI=1S/C22H30FN5O.HI/c1-4-24-22(27-16-19-9-5-6-11-20(19)23)26-15-17-8-7-10-18(14-17)21(29)25-12-13-28(2)3;/h5-11,14H,4,12-13,15-16H2,1-3H3,(H,25,29)(H2,24,26,27);1H. The first kappa shape index (κ1) is 25.8. The van der Waals surface area contributed by atoms with Gasteiger partial charge in [0.2, 0.25) is 0 Å². The van der Waals surface area contributed by atoms with Gasteiger partial charge in [-0.25, -0.2) is 9.38 Å². The first-order valence-electron chi connectivity index (χ1n) is 9.77. The molecule has 0 spiro atoms. The molecule has 30 heavy (non-hydrogen) atoms. The van der Waals surface area contributed by atoms with Crippen LogP contribution in [0.25, 0.3) is 0 Å². The van der Waals surface area contributed by atoms with Crippen molar-refractivity contribution in [2.75, 3.05) is 33.7 Å². The number of guanidine groups is 1. The Morgan fingerprint density at radius 1 is 1.07 bits per heavy atom. The van der Waals surface area contributed by atoms with Crippen LogP contribution in [0, 0.1) is 5.82 Å². The van der Waals surface area contributed by atoms with Gasteiger partial charge in [0.05, 0.1) is 6.54 Å². The molecule has 6 nitrogen and oxygen atoms in total. The molecular weight excluding hydrogens is 496 g/mol. The average molecular weight is 527 g/mol. The second-order valence-corrected chi connectivity index (χ2v) is 6.90. The topological polar surface area (TPSA) is 68.8 Å². The Balaban J connectivity index is 0.00000450. The quantitative estimate of drug-likeness (QED) is 0.267. The number of carbonyl (C=O) groups is 1. The molecular formula is C22H31FIN5O. The molecule has 0 saturated carbocycles. The van der Waals surface area contributed by atoms with Crippen LogP contribution in [0.3, 0.4) is 0 Å². The van der Waals surface area contributed by atoms with Crippen molar-refractivity contribution in [3.05, 3.63) is 71.0 Å². The second kappa shape index (κ2) is 13.9. The highest BCUT2D eigenvalue weighted by molar-refractivity contribution is 14.0. The van der Waals surface area contributed by atoms with Gasteiger partial charge in [-0.1, -0.05) is 30.3 Å². The van der Waals surface area contributed by atoms with Crippen LogP contribution < -0.4 is 16.0 Å². The average Bonchev–Trinajstić information content (AvgIpc) is 2.71. The lowest BCUT2D eigenvalue weighted by molar-refractivity contribution is 0.0951. The molecule has 0 atom stereocenters. The maximum absolute atomic E-state index is 13.8. The zero-order valence-corrected chi connectivity index (χ0v) is 20.1. The van der Waals surface area contributed by atoms with Crippen molar-refractivity contribution in [3.63, 3.8) is 0 Å². The summed E-state index contributed by atoms with van der Waals surface area (Å²) in [7, 11) is 3.93. The lowest BCUT2D eigenvalue weighted by Crippen LogP contribution is -2.37. The van der Waals surface area contributed by atoms with Crippen LogP contribution in [0.4, 0.5) is 4.39 Å². The summed E-state index contributed by atoms with van der Waals surface area (Å²) in [5, 5.41) is 9.20. The third-order valence-corrected chi connectivity index (χ3v) is 4.20. The van der Waals surface area contributed by atoms with E-state index in [1.165, 1.54) is 6.07 Å². The fraction of sp³-hybridized carbons (Fsp3) is 0.364. The molecule has 3 N–H and O–H groups in total. The van der Waals surface area contributed by atoms with Crippen molar-refractivity contribution in [1.29, 1.82) is 0 Å². The maximum atomic E-state index is 13.8. The van der Waals surface area contributed by atoms with Gasteiger partial charge < -0.3 is 20.9 Å². The monoisotopic (exact) mass is 527 g/mol. The molecule has 164 valence electrons. The van der Waals surface area contributed by atoms with Gasteiger partial charge in [-0.2, -0.15) is 0 Å². The lowest BCUT2D eigenvalue weighted by atomic mass is 10.1. The number of nitrogens with zero attached hydrogens (tertiary/aromatic N) is 2. The van der Waals surface area contributed by atoms with Gasteiger partial charge in [0.1, 0.15) is 5.82 Å². The highest BCUT2D eigenvalue weighted by atomic mass is 127. The molecule has 0 aliphatic carbocycles. The zero-order chi connectivity index (χ0) is 21.1. The molecule has 0 unspecified atom stereocenters. The number of benzene rings is 2. The van der Waals surface area contributed by atoms with E-state index < -0.39 is 0 Å². The third kappa shape index (κ3) is 9.08. The molecule has 1 amide bonds. The number of aliphatic imine (C=N–C) groups is 1. The zero-order valence-electron chi connectivity index (χ0n) is 17.7. The second-order valence-electron chi connectivity index (χ2n) is 6.90. The molecule has 0 aliphatic rings. The largest absolute Gasteiger partial charge is 0.357 e. The minimum Gasteiger partial charge on any atom is -0.357 e. The molecule has 0 aliphatic heterocycles. The predicted molar refractivity (Wildman–Crippen MR) is 131 cm³/mol. The molecule has 0 bridgehead atoms. The van der Waals surface area contributed by atoms with Gasteiger partial charge in [0.25, 0.3) is 5.91 Å². The van der Waals surface area contributed by atoms with Gasteiger partial charge in [-0.15, -0.1) is 24.0 Å². The molecule has 2 rings (SSSR count). The molecule has 2 aromatic carbocycles. The number of hydrogen-bond donors (Lipinski definition) is 3. The Kier molecular flexibility index (Phi) is 12.0. The first-order valence-corrected chi connectivity index (χ1v) is 9.77. The fourth-order valence-corrected chi connectivity index (χ4v) is 2.64. The van der Waals surface area contributed by atoms with Crippen molar-refractivity contribution in [1.82, 2.24) is 20.9 Å². The maximum Gasteiger partial charge on any atom is 0.251 e.